The van der Waals surface area contributed by atoms with Crippen molar-refractivity contribution in [2.75, 3.05) is 12.4 Å². The van der Waals surface area contributed by atoms with Gasteiger partial charge < -0.3 is 4.74 Å². The number of hydrogen-bond acceptors (Lipinski definition) is 3. The maximum atomic E-state index is 11.4. The molecule has 0 saturated heterocycles. The first-order chi connectivity index (χ1) is 9.30. The Morgan fingerprint density at radius 1 is 1.20 bits per heavy atom. The minimum atomic E-state index is -3.56. The molecule has 0 aliphatic heterocycles. The molecule has 112 valence electrons. The first-order valence-corrected chi connectivity index (χ1v) is 9.53. The van der Waals surface area contributed by atoms with Gasteiger partial charge in [0.15, 0.2) is 0 Å². The molecule has 0 aromatic heterocycles. The van der Waals surface area contributed by atoms with Crippen LogP contribution in [0.1, 0.15) is 25.7 Å². The van der Waals surface area contributed by atoms with Crippen LogP contribution in [0, 0.1) is 5.41 Å². The van der Waals surface area contributed by atoms with Crippen LogP contribution in [0.3, 0.4) is 0 Å². The molecule has 3 nitrogen and oxygen atoms in total. The van der Waals surface area contributed by atoms with Crippen molar-refractivity contribution in [1.82, 2.24) is 0 Å². The van der Waals surface area contributed by atoms with Gasteiger partial charge >= 0.3 is 0 Å². The predicted octanol–water partition coefficient (Wildman–Crippen LogP) is 4.50. The highest BCUT2D eigenvalue weighted by Gasteiger charge is 2.38. The highest BCUT2D eigenvalue weighted by Crippen LogP contribution is 2.41. The summed E-state index contributed by atoms with van der Waals surface area (Å²) >= 11 is 11.9. The first-order valence-electron chi connectivity index (χ1n) is 6.30. The molecule has 0 atom stereocenters. The Balaban J connectivity index is 2.11. The van der Waals surface area contributed by atoms with Crippen LogP contribution in [0.15, 0.2) is 18.2 Å². The summed E-state index contributed by atoms with van der Waals surface area (Å²) in [5.41, 5.74) is -0.424. The van der Waals surface area contributed by atoms with Crippen LogP contribution in [-0.2, 0) is 9.05 Å². The number of ether oxygens (including phenoxy) is 1. The van der Waals surface area contributed by atoms with E-state index in [2.05, 4.69) is 0 Å². The van der Waals surface area contributed by atoms with Gasteiger partial charge in [-0.3, -0.25) is 0 Å². The lowest BCUT2D eigenvalue weighted by Gasteiger charge is -2.27. The van der Waals surface area contributed by atoms with Gasteiger partial charge in [-0.1, -0.05) is 36.0 Å². The molecule has 0 unspecified atom stereocenters. The lowest BCUT2D eigenvalue weighted by atomic mass is 9.90. The molecule has 7 heteroatoms. The highest BCUT2D eigenvalue weighted by atomic mass is 35.7. The summed E-state index contributed by atoms with van der Waals surface area (Å²) in [6.45, 7) is 0.277. The van der Waals surface area contributed by atoms with Crippen molar-refractivity contribution in [3.63, 3.8) is 0 Å². The Labute approximate surface area is 133 Å². The SMILES string of the molecule is O=S(=O)(Cl)CC1(COc2cc(Cl)ccc2Cl)CCCC1. The molecule has 1 aliphatic rings. The Kier molecular flexibility index (Phi) is 5.11. The summed E-state index contributed by atoms with van der Waals surface area (Å²) in [4.78, 5) is 0. The maximum Gasteiger partial charge on any atom is 0.233 e. The van der Waals surface area contributed by atoms with Crippen LogP contribution in [0.25, 0.3) is 0 Å². The second kappa shape index (κ2) is 6.30. The summed E-state index contributed by atoms with van der Waals surface area (Å²) in [6, 6.07) is 4.95. The lowest BCUT2D eigenvalue weighted by molar-refractivity contribution is 0.171. The van der Waals surface area contributed by atoms with Crippen molar-refractivity contribution in [1.29, 1.82) is 0 Å². The fraction of sp³-hybridized carbons (Fsp3) is 0.538. The van der Waals surface area contributed by atoms with Crippen LogP contribution in [0.2, 0.25) is 10.0 Å². The van der Waals surface area contributed by atoms with E-state index in [-0.39, 0.29) is 12.4 Å². The van der Waals surface area contributed by atoms with Crippen molar-refractivity contribution in [3.05, 3.63) is 28.2 Å². The van der Waals surface area contributed by atoms with Crippen LogP contribution < -0.4 is 4.74 Å². The average Bonchev–Trinajstić information content (AvgIpc) is 2.77. The second-order valence-corrected chi connectivity index (χ2v) is 8.87. The van der Waals surface area contributed by atoms with Crippen LogP contribution >= 0.6 is 33.9 Å². The summed E-state index contributed by atoms with van der Waals surface area (Å²) in [6.07, 6.45) is 3.55. The average molecular weight is 358 g/mol. The largest absolute Gasteiger partial charge is 0.491 e. The minimum absolute atomic E-state index is 0.0697. The lowest BCUT2D eigenvalue weighted by Crippen LogP contribution is -2.32. The topological polar surface area (TPSA) is 43.4 Å². The monoisotopic (exact) mass is 356 g/mol. The van der Waals surface area contributed by atoms with Crippen molar-refractivity contribution >= 4 is 42.9 Å². The third-order valence-corrected chi connectivity index (χ3v) is 5.40. The molecule has 0 N–H and O–H groups in total. The standard InChI is InChI=1S/C13H15Cl3O3S/c14-10-3-4-11(15)12(7-10)19-8-13(5-1-2-6-13)9-20(16,17)18/h3-4,7H,1-2,5-6,8-9H2. The third-order valence-electron chi connectivity index (χ3n) is 3.57. The van der Waals surface area contributed by atoms with Crippen molar-refractivity contribution in [2.45, 2.75) is 25.7 Å². The zero-order valence-electron chi connectivity index (χ0n) is 10.7. The Bertz CT molecular complexity index is 581. The molecule has 0 spiro atoms. The summed E-state index contributed by atoms with van der Waals surface area (Å²) < 4.78 is 28.5. The molecule has 1 aromatic carbocycles. The molecule has 0 amide bonds. The van der Waals surface area contributed by atoms with Gasteiger partial charge in [0.2, 0.25) is 9.05 Å². The van der Waals surface area contributed by atoms with Gasteiger partial charge in [0.1, 0.15) is 5.75 Å². The van der Waals surface area contributed by atoms with Crippen LogP contribution in [0.4, 0.5) is 0 Å². The number of benzene rings is 1. The minimum Gasteiger partial charge on any atom is -0.491 e. The molecular formula is C13H15Cl3O3S. The van der Waals surface area contributed by atoms with Crippen molar-refractivity contribution in [3.8, 4) is 5.75 Å². The van der Waals surface area contributed by atoms with Gasteiger partial charge in [0.25, 0.3) is 0 Å². The van der Waals surface area contributed by atoms with E-state index in [1.54, 1.807) is 18.2 Å². The zero-order valence-corrected chi connectivity index (χ0v) is 13.8. The zero-order chi connectivity index (χ0) is 14.8. The van der Waals surface area contributed by atoms with E-state index in [9.17, 15) is 8.42 Å². The normalized spacial score (nSPS) is 18.1. The van der Waals surface area contributed by atoms with Crippen LogP contribution in [-0.4, -0.2) is 20.8 Å². The fourth-order valence-electron chi connectivity index (χ4n) is 2.64. The van der Waals surface area contributed by atoms with Gasteiger partial charge in [-0.25, -0.2) is 8.42 Å². The van der Waals surface area contributed by atoms with E-state index in [1.807, 2.05) is 0 Å². The van der Waals surface area contributed by atoms with E-state index in [1.165, 1.54) is 0 Å². The molecule has 2 rings (SSSR count). The van der Waals surface area contributed by atoms with E-state index >= 15 is 0 Å². The predicted molar refractivity (Wildman–Crippen MR) is 82.5 cm³/mol. The van der Waals surface area contributed by atoms with E-state index < -0.39 is 14.5 Å². The Hall–Kier alpha value is -0.160. The highest BCUT2D eigenvalue weighted by molar-refractivity contribution is 8.13. The van der Waals surface area contributed by atoms with E-state index in [0.29, 0.717) is 15.8 Å². The molecular weight excluding hydrogens is 343 g/mol. The van der Waals surface area contributed by atoms with Gasteiger partial charge in [-0.2, -0.15) is 0 Å². The molecule has 1 aromatic rings. The van der Waals surface area contributed by atoms with Gasteiger partial charge in [-0.05, 0) is 25.0 Å². The third kappa shape index (κ3) is 4.42. The molecule has 0 heterocycles. The molecule has 0 radical (unpaired) electrons. The van der Waals surface area contributed by atoms with Crippen molar-refractivity contribution in [2.24, 2.45) is 5.41 Å². The summed E-state index contributed by atoms with van der Waals surface area (Å²) in [7, 11) is 1.86. The van der Waals surface area contributed by atoms with Gasteiger partial charge in [0.05, 0.1) is 17.4 Å². The van der Waals surface area contributed by atoms with Crippen molar-refractivity contribution < 1.29 is 13.2 Å². The van der Waals surface area contributed by atoms with E-state index in [4.69, 9.17) is 38.6 Å². The fourth-order valence-corrected chi connectivity index (χ4v) is 4.77. The summed E-state index contributed by atoms with van der Waals surface area (Å²) in [5, 5.41) is 0.978. The maximum absolute atomic E-state index is 11.4. The van der Waals surface area contributed by atoms with Crippen LogP contribution in [0.5, 0.6) is 5.75 Å². The first kappa shape index (κ1) is 16.2. The molecule has 0 bridgehead atoms. The molecule has 1 saturated carbocycles. The van der Waals surface area contributed by atoms with Gasteiger partial charge in [-0.15, -0.1) is 0 Å². The van der Waals surface area contributed by atoms with Gasteiger partial charge in [0, 0.05) is 27.2 Å². The Morgan fingerprint density at radius 2 is 1.85 bits per heavy atom. The second-order valence-electron chi connectivity index (χ2n) is 5.25. The number of rotatable bonds is 5. The summed E-state index contributed by atoms with van der Waals surface area (Å²) in [5.74, 6) is 0.400. The Morgan fingerprint density at radius 3 is 2.45 bits per heavy atom. The molecule has 1 aliphatic carbocycles. The smallest absolute Gasteiger partial charge is 0.233 e. The molecule has 1 fully saturated rings. The quantitative estimate of drug-likeness (QED) is 0.729. The molecule has 20 heavy (non-hydrogen) atoms. The number of hydrogen-bond donors (Lipinski definition) is 0. The van der Waals surface area contributed by atoms with E-state index in [0.717, 1.165) is 25.7 Å². The number of halogens is 3.